The summed E-state index contributed by atoms with van der Waals surface area (Å²) in [7, 11) is 0. The van der Waals surface area contributed by atoms with Crippen molar-refractivity contribution in [3.8, 4) is 5.75 Å². The number of nitrogens with zero attached hydrogens (tertiary/aromatic N) is 2. The number of benzene rings is 2. The third-order valence-electron chi connectivity index (χ3n) is 5.72. The van der Waals surface area contributed by atoms with Crippen LogP contribution >= 0.6 is 0 Å². The molecule has 1 saturated heterocycles. The highest BCUT2D eigenvalue weighted by atomic mass is 19.2. The molecular weight excluding hydrogens is 414 g/mol. The van der Waals surface area contributed by atoms with E-state index in [1.807, 2.05) is 36.9 Å². The van der Waals surface area contributed by atoms with Crippen LogP contribution in [-0.4, -0.2) is 41.9 Å². The van der Waals surface area contributed by atoms with Crippen LogP contribution in [0, 0.1) is 25.5 Å². The Kier molecular flexibility index (Phi) is 6.55. The number of hydrogen-bond acceptors (Lipinski definition) is 4. The highest BCUT2D eigenvalue weighted by Gasteiger charge is 2.25. The summed E-state index contributed by atoms with van der Waals surface area (Å²) in [6, 6.07) is 13.6. The molecule has 2 heterocycles. The van der Waals surface area contributed by atoms with Gasteiger partial charge in [0.25, 0.3) is 5.91 Å². The van der Waals surface area contributed by atoms with Crippen molar-refractivity contribution in [2.75, 3.05) is 26.2 Å². The molecule has 0 bridgehead atoms. The lowest BCUT2D eigenvalue weighted by molar-refractivity contribution is 0.0592. The second kappa shape index (κ2) is 9.53. The van der Waals surface area contributed by atoms with E-state index in [2.05, 4.69) is 0 Å². The monoisotopic (exact) mass is 440 g/mol. The Hall–Kier alpha value is -3.19. The molecule has 0 radical (unpaired) electrons. The number of ether oxygens (including phenoxy) is 1. The fourth-order valence-corrected chi connectivity index (χ4v) is 3.92. The van der Waals surface area contributed by atoms with E-state index in [4.69, 9.17) is 9.15 Å². The maximum atomic E-state index is 13.9. The van der Waals surface area contributed by atoms with Crippen molar-refractivity contribution in [1.29, 1.82) is 0 Å². The normalized spacial score (nSPS) is 14.6. The fraction of sp³-hybridized carbons (Fsp3) is 0.320. The standard InChI is InChI=1S/C25H26F2N2O3/c1-17-5-3-6-18(2)24(17)31-16-20-9-10-22(32-20)25(30)29-13-11-28(12-14-29)15-19-7-4-8-21(26)23(19)27/h3-10H,11-16H2,1-2H3. The number of rotatable bonds is 6. The van der Waals surface area contributed by atoms with Gasteiger partial charge >= 0.3 is 0 Å². The topological polar surface area (TPSA) is 45.9 Å². The predicted molar refractivity (Wildman–Crippen MR) is 116 cm³/mol. The SMILES string of the molecule is Cc1cccc(C)c1OCc1ccc(C(=O)N2CCN(Cc3cccc(F)c3F)CC2)o1. The molecule has 0 atom stereocenters. The van der Waals surface area contributed by atoms with Gasteiger partial charge in [0, 0.05) is 38.3 Å². The largest absolute Gasteiger partial charge is 0.485 e. The van der Waals surface area contributed by atoms with Crippen molar-refractivity contribution in [1.82, 2.24) is 9.80 Å². The first-order chi connectivity index (χ1) is 15.4. The van der Waals surface area contributed by atoms with E-state index in [0.29, 0.717) is 44.0 Å². The zero-order chi connectivity index (χ0) is 22.7. The van der Waals surface area contributed by atoms with Crippen molar-refractivity contribution in [3.63, 3.8) is 0 Å². The Labute approximate surface area is 186 Å². The van der Waals surface area contributed by atoms with Crippen molar-refractivity contribution < 1.29 is 22.7 Å². The van der Waals surface area contributed by atoms with Crippen molar-refractivity contribution in [2.45, 2.75) is 27.0 Å². The molecular formula is C25H26F2N2O3. The van der Waals surface area contributed by atoms with Gasteiger partial charge in [-0.05, 0) is 43.2 Å². The van der Waals surface area contributed by atoms with E-state index < -0.39 is 11.6 Å². The number of amides is 1. The molecule has 168 valence electrons. The lowest BCUT2D eigenvalue weighted by Gasteiger charge is -2.34. The lowest BCUT2D eigenvalue weighted by atomic mass is 10.1. The van der Waals surface area contributed by atoms with Crippen LogP contribution in [0.15, 0.2) is 52.9 Å². The van der Waals surface area contributed by atoms with Gasteiger partial charge in [-0.2, -0.15) is 0 Å². The van der Waals surface area contributed by atoms with Crippen molar-refractivity contribution >= 4 is 5.91 Å². The molecule has 1 aromatic heterocycles. The minimum absolute atomic E-state index is 0.181. The zero-order valence-corrected chi connectivity index (χ0v) is 18.2. The van der Waals surface area contributed by atoms with E-state index in [1.165, 1.54) is 6.07 Å². The summed E-state index contributed by atoms with van der Waals surface area (Å²) in [6.07, 6.45) is 0. The Morgan fingerprint density at radius 2 is 1.66 bits per heavy atom. The maximum absolute atomic E-state index is 13.9. The molecule has 5 nitrogen and oxygen atoms in total. The number of para-hydroxylation sites is 1. The van der Waals surface area contributed by atoms with Crippen LogP contribution in [0.1, 0.15) is 33.0 Å². The number of aryl methyl sites for hydroxylation is 2. The number of hydrogen-bond donors (Lipinski definition) is 0. The summed E-state index contributed by atoms with van der Waals surface area (Å²) < 4.78 is 39.0. The van der Waals surface area contributed by atoms with Gasteiger partial charge in [-0.25, -0.2) is 8.78 Å². The second-order valence-electron chi connectivity index (χ2n) is 8.06. The molecule has 4 rings (SSSR count). The molecule has 7 heteroatoms. The number of carbonyl (C=O) groups is 1. The van der Waals surface area contributed by atoms with E-state index in [9.17, 15) is 13.6 Å². The minimum Gasteiger partial charge on any atom is -0.485 e. The molecule has 1 aliphatic rings. The summed E-state index contributed by atoms with van der Waals surface area (Å²) in [6.45, 7) is 6.66. The first-order valence-electron chi connectivity index (χ1n) is 10.6. The molecule has 1 amide bonds. The number of furan rings is 1. The molecule has 0 aliphatic carbocycles. The fourth-order valence-electron chi connectivity index (χ4n) is 3.92. The van der Waals surface area contributed by atoms with Gasteiger partial charge < -0.3 is 14.1 Å². The molecule has 3 aromatic rings. The molecule has 1 fully saturated rings. The lowest BCUT2D eigenvalue weighted by Crippen LogP contribution is -2.48. The van der Waals surface area contributed by atoms with Gasteiger partial charge in [-0.1, -0.05) is 30.3 Å². The third-order valence-corrected chi connectivity index (χ3v) is 5.72. The Bertz CT molecular complexity index is 1080. The minimum atomic E-state index is -0.841. The molecule has 0 saturated carbocycles. The van der Waals surface area contributed by atoms with E-state index in [-0.39, 0.29) is 18.3 Å². The molecule has 1 aliphatic heterocycles. The Morgan fingerprint density at radius 3 is 2.38 bits per heavy atom. The van der Waals surface area contributed by atoms with Crippen LogP contribution in [0.4, 0.5) is 8.78 Å². The van der Waals surface area contributed by atoms with E-state index in [1.54, 1.807) is 23.1 Å². The van der Waals surface area contributed by atoms with Crippen LogP contribution < -0.4 is 4.74 Å². The van der Waals surface area contributed by atoms with Gasteiger partial charge in [0.05, 0.1) is 0 Å². The highest BCUT2D eigenvalue weighted by molar-refractivity contribution is 5.91. The zero-order valence-electron chi connectivity index (χ0n) is 18.2. The van der Waals surface area contributed by atoms with Gasteiger partial charge in [0.2, 0.25) is 0 Å². The summed E-state index contributed by atoms with van der Waals surface area (Å²) in [4.78, 5) is 16.5. The first-order valence-corrected chi connectivity index (χ1v) is 10.6. The van der Waals surface area contributed by atoms with Crippen molar-refractivity contribution in [3.05, 3.63) is 88.4 Å². The van der Waals surface area contributed by atoms with Gasteiger partial charge in [0.1, 0.15) is 18.1 Å². The molecule has 0 spiro atoms. The summed E-state index contributed by atoms with van der Waals surface area (Å²) >= 11 is 0. The van der Waals surface area contributed by atoms with Gasteiger partial charge in [-0.3, -0.25) is 9.69 Å². The molecule has 0 unspecified atom stereocenters. The first kappa shape index (κ1) is 22.0. The summed E-state index contributed by atoms with van der Waals surface area (Å²) in [5.74, 6) is -0.155. The summed E-state index contributed by atoms with van der Waals surface area (Å²) in [5.41, 5.74) is 2.41. The van der Waals surface area contributed by atoms with Crippen LogP contribution in [0.5, 0.6) is 5.75 Å². The quantitative estimate of drug-likeness (QED) is 0.557. The highest BCUT2D eigenvalue weighted by Crippen LogP contribution is 2.24. The Morgan fingerprint density at radius 1 is 0.969 bits per heavy atom. The number of piperazine rings is 1. The average Bonchev–Trinajstić information content (AvgIpc) is 3.26. The number of carbonyl (C=O) groups excluding carboxylic acids is 1. The van der Waals surface area contributed by atoms with Crippen LogP contribution in [0.3, 0.4) is 0 Å². The van der Waals surface area contributed by atoms with Gasteiger partial charge in [0.15, 0.2) is 17.4 Å². The van der Waals surface area contributed by atoms with Crippen LogP contribution in [0.2, 0.25) is 0 Å². The van der Waals surface area contributed by atoms with Crippen molar-refractivity contribution in [2.24, 2.45) is 0 Å². The van der Waals surface area contributed by atoms with Gasteiger partial charge in [-0.15, -0.1) is 0 Å². The molecule has 2 aromatic carbocycles. The average molecular weight is 440 g/mol. The van der Waals surface area contributed by atoms with Crippen LogP contribution in [-0.2, 0) is 13.2 Å². The second-order valence-corrected chi connectivity index (χ2v) is 8.06. The summed E-state index contributed by atoms with van der Waals surface area (Å²) in [5, 5.41) is 0. The predicted octanol–water partition coefficient (Wildman–Crippen LogP) is 4.71. The maximum Gasteiger partial charge on any atom is 0.289 e. The van der Waals surface area contributed by atoms with E-state index in [0.717, 1.165) is 22.9 Å². The third kappa shape index (κ3) is 4.83. The number of halogens is 2. The Balaban J connectivity index is 1.31. The molecule has 0 N–H and O–H groups in total. The smallest absolute Gasteiger partial charge is 0.289 e. The van der Waals surface area contributed by atoms with E-state index >= 15 is 0 Å². The van der Waals surface area contributed by atoms with Crippen LogP contribution in [0.25, 0.3) is 0 Å². The molecule has 32 heavy (non-hydrogen) atoms.